The van der Waals surface area contributed by atoms with Crippen LogP contribution < -0.4 is 15.0 Å². The van der Waals surface area contributed by atoms with E-state index < -0.39 is 0 Å². The van der Waals surface area contributed by atoms with Gasteiger partial charge in [-0.3, -0.25) is 9.59 Å². The number of aryl methyl sites for hydroxylation is 1. The van der Waals surface area contributed by atoms with Crippen LogP contribution in [-0.2, 0) is 22.6 Å². The fraction of sp³-hybridized carbons (Fsp3) is 0.548. The van der Waals surface area contributed by atoms with E-state index in [0.29, 0.717) is 38.9 Å². The Morgan fingerprint density at radius 2 is 1.90 bits per heavy atom. The number of hydrogen-bond donors (Lipinski definition) is 1. The van der Waals surface area contributed by atoms with Gasteiger partial charge in [-0.05, 0) is 49.9 Å². The lowest BCUT2D eigenvalue weighted by Crippen LogP contribution is -2.37. The minimum Gasteiger partial charge on any atom is -0.490 e. The number of allylic oxidation sites excluding steroid dienone is 1. The van der Waals surface area contributed by atoms with Crippen molar-refractivity contribution in [1.29, 1.82) is 0 Å². The number of carbonyl (C=O) groups is 2. The van der Waals surface area contributed by atoms with Crippen LogP contribution in [0.3, 0.4) is 0 Å². The summed E-state index contributed by atoms with van der Waals surface area (Å²) in [5, 5.41) is 2.89. The van der Waals surface area contributed by atoms with E-state index in [-0.39, 0.29) is 29.7 Å². The highest BCUT2D eigenvalue weighted by Gasteiger charge is 2.29. The van der Waals surface area contributed by atoms with Crippen LogP contribution >= 0.6 is 0 Å². The van der Waals surface area contributed by atoms with E-state index in [1.54, 1.807) is 13.0 Å². The first-order valence-electron chi connectivity index (χ1n) is 14.6. The first kappa shape index (κ1) is 29.5. The number of nitrogens with one attached hydrogen (secondary N) is 1. The van der Waals surface area contributed by atoms with Crippen LogP contribution in [-0.4, -0.2) is 59.0 Å². The van der Waals surface area contributed by atoms with Gasteiger partial charge in [-0.1, -0.05) is 26.0 Å². The maximum atomic E-state index is 13.6. The van der Waals surface area contributed by atoms with E-state index >= 15 is 0 Å². The summed E-state index contributed by atoms with van der Waals surface area (Å²) in [6, 6.07) is 4.65. The molecule has 2 amide bonds. The molecule has 2 atom stereocenters. The molecule has 1 aromatic carbocycles. The van der Waals surface area contributed by atoms with Gasteiger partial charge in [0.15, 0.2) is 5.82 Å². The van der Waals surface area contributed by atoms with Crippen molar-refractivity contribution in [2.75, 3.05) is 31.1 Å². The molecule has 40 heavy (non-hydrogen) atoms. The molecule has 2 unspecified atom stereocenters. The Morgan fingerprint density at radius 1 is 1.07 bits per heavy atom. The molecule has 0 aliphatic carbocycles. The van der Waals surface area contributed by atoms with E-state index in [2.05, 4.69) is 16.3 Å². The molecule has 1 N–H and O–H groups in total. The van der Waals surface area contributed by atoms with Crippen molar-refractivity contribution in [2.24, 2.45) is 0 Å². The second-order valence-corrected chi connectivity index (χ2v) is 10.5. The number of nitrogens with zero attached hydrogens (tertiary/aromatic N) is 4. The zero-order valence-electron chi connectivity index (χ0n) is 24.2. The third kappa shape index (κ3) is 7.17. The Bertz CT molecular complexity index is 1230. The zero-order valence-corrected chi connectivity index (χ0v) is 24.2. The van der Waals surface area contributed by atoms with Crippen molar-refractivity contribution in [3.05, 3.63) is 58.8 Å². The normalized spacial score (nSPS) is 21.2. The molecule has 5 rings (SSSR count). The average Bonchev–Trinajstić information content (AvgIpc) is 3.18. The highest BCUT2D eigenvalue weighted by Crippen LogP contribution is 2.34. The fourth-order valence-electron chi connectivity index (χ4n) is 5.51. The van der Waals surface area contributed by atoms with Crippen molar-refractivity contribution in [1.82, 2.24) is 20.2 Å². The predicted octanol–water partition coefficient (Wildman–Crippen LogP) is 4.84. The highest BCUT2D eigenvalue weighted by atomic mass is 19.1. The van der Waals surface area contributed by atoms with Crippen molar-refractivity contribution in [3.63, 3.8) is 0 Å². The number of anilines is 1. The Labute approximate surface area is 237 Å². The topological polar surface area (TPSA) is 87.7 Å². The minimum absolute atomic E-state index is 0.0290. The summed E-state index contributed by atoms with van der Waals surface area (Å²) in [4.78, 5) is 38.6. The quantitative estimate of drug-likeness (QED) is 0.547. The van der Waals surface area contributed by atoms with Crippen molar-refractivity contribution >= 4 is 17.6 Å². The van der Waals surface area contributed by atoms with Gasteiger partial charge in [-0.2, -0.15) is 0 Å². The molecular formula is C31H42FN5O3. The number of carbonyl (C=O) groups excluding carboxylic acids is 2. The van der Waals surface area contributed by atoms with Crippen LogP contribution in [0.2, 0.25) is 0 Å². The van der Waals surface area contributed by atoms with Gasteiger partial charge in [-0.15, -0.1) is 0 Å². The zero-order chi connectivity index (χ0) is 28.6. The lowest BCUT2D eigenvalue weighted by atomic mass is 9.95. The van der Waals surface area contributed by atoms with Gasteiger partial charge < -0.3 is 19.9 Å². The molecule has 0 bridgehead atoms. The maximum absolute atomic E-state index is 13.6. The third-order valence-corrected chi connectivity index (χ3v) is 7.69. The predicted molar refractivity (Wildman–Crippen MR) is 154 cm³/mol. The largest absolute Gasteiger partial charge is 0.490 e. The second kappa shape index (κ2) is 13.7. The first-order valence-corrected chi connectivity index (χ1v) is 14.6. The molecule has 3 aliphatic heterocycles. The molecule has 9 heteroatoms. The second-order valence-electron chi connectivity index (χ2n) is 10.5. The SMILES string of the molecule is CC.CC(=O)N1CCc2nc(N3CCCC(Oc4ccc(F)cc4C)CC3)c(C3C=CCNC(=O)CC3)nc2C1. The third-order valence-electron chi connectivity index (χ3n) is 7.69. The number of ether oxygens (including phenoxy) is 1. The average molecular weight is 552 g/mol. The number of fused-ring (bicyclic) bond motifs is 1. The standard InChI is InChI=1S/C29H36FN5O3.C2H6/c1-19-17-22(30)8-9-26(19)38-23-6-4-14-34(15-11-23)29-28(21-5-3-13-31-27(37)10-7-21)32-25-18-35(20(2)36)16-12-24(25)33-29;1-2/h3,5,8-9,17,21,23H,4,6-7,10-16,18H2,1-2H3,(H,31,37);1-2H3. The first-order chi connectivity index (χ1) is 19.4. The smallest absolute Gasteiger partial charge is 0.220 e. The number of rotatable bonds is 4. The van der Waals surface area contributed by atoms with E-state index in [9.17, 15) is 14.0 Å². The number of aromatic nitrogens is 2. The minimum atomic E-state index is -0.257. The number of amides is 2. The number of hydrogen-bond acceptors (Lipinski definition) is 6. The van der Waals surface area contributed by atoms with E-state index in [1.807, 2.05) is 31.7 Å². The molecular weight excluding hydrogens is 509 g/mol. The summed E-state index contributed by atoms with van der Waals surface area (Å²) in [6.07, 6.45) is 8.58. The van der Waals surface area contributed by atoms with Crippen LogP contribution in [0.4, 0.5) is 10.2 Å². The lowest BCUT2D eigenvalue weighted by Gasteiger charge is -2.31. The Kier molecular flexibility index (Phi) is 10.1. The summed E-state index contributed by atoms with van der Waals surface area (Å²) >= 11 is 0. The molecule has 3 aliphatic rings. The molecule has 2 aromatic rings. The van der Waals surface area contributed by atoms with Crippen LogP contribution in [0.15, 0.2) is 30.4 Å². The molecule has 0 radical (unpaired) electrons. The molecule has 0 saturated carbocycles. The molecule has 1 fully saturated rings. The van der Waals surface area contributed by atoms with Gasteiger partial charge in [0, 0.05) is 58.3 Å². The maximum Gasteiger partial charge on any atom is 0.220 e. The van der Waals surface area contributed by atoms with Crippen molar-refractivity contribution in [2.45, 2.75) is 84.8 Å². The molecule has 1 saturated heterocycles. The molecule has 216 valence electrons. The Morgan fingerprint density at radius 3 is 2.67 bits per heavy atom. The van der Waals surface area contributed by atoms with E-state index in [0.717, 1.165) is 66.6 Å². The van der Waals surface area contributed by atoms with Gasteiger partial charge >= 0.3 is 0 Å². The number of benzene rings is 1. The summed E-state index contributed by atoms with van der Waals surface area (Å²) < 4.78 is 19.8. The molecule has 8 nitrogen and oxygen atoms in total. The van der Waals surface area contributed by atoms with Gasteiger partial charge in [0.05, 0.1) is 23.6 Å². The van der Waals surface area contributed by atoms with Crippen LogP contribution in [0.5, 0.6) is 5.75 Å². The van der Waals surface area contributed by atoms with Crippen molar-refractivity contribution < 1.29 is 18.7 Å². The van der Waals surface area contributed by atoms with Crippen LogP contribution in [0.1, 0.15) is 81.4 Å². The Balaban J connectivity index is 0.00000181. The number of halogens is 1. The van der Waals surface area contributed by atoms with E-state index in [1.165, 1.54) is 12.1 Å². The van der Waals surface area contributed by atoms with Crippen LogP contribution in [0, 0.1) is 12.7 Å². The van der Waals surface area contributed by atoms with Gasteiger partial charge in [0.2, 0.25) is 11.8 Å². The summed E-state index contributed by atoms with van der Waals surface area (Å²) in [5.74, 6) is 1.41. The van der Waals surface area contributed by atoms with E-state index in [4.69, 9.17) is 14.7 Å². The van der Waals surface area contributed by atoms with Crippen molar-refractivity contribution in [3.8, 4) is 5.75 Å². The summed E-state index contributed by atoms with van der Waals surface area (Å²) in [6.45, 7) is 10.7. The van der Waals surface area contributed by atoms with Gasteiger partial charge in [0.1, 0.15) is 17.7 Å². The summed E-state index contributed by atoms with van der Waals surface area (Å²) in [5.41, 5.74) is 3.49. The van der Waals surface area contributed by atoms with Crippen LogP contribution in [0.25, 0.3) is 0 Å². The molecule has 0 spiro atoms. The Hall–Kier alpha value is -3.49. The molecule has 4 heterocycles. The van der Waals surface area contributed by atoms with Gasteiger partial charge in [-0.25, -0.2) is 14.4 Å². The lowest BCUT2D eigenvalue weighted by molar-refractivity contribution is -0.129. The highest BCUT2D eigenvalue weighted by molar-refractivity contribution is 5.76. The summed E-state index contributed by atoms with van der Waals surface area (Å²) in [7, 11) is 0. The van der Waals surface area contributed by atoms with Gasteiger partial charge in [0.25, 0.3) is 0 Å². The fourth-order valence-corrected chi connectivity index (χ4v) is 5.51. The monoisotopic (exact) mass is 551 g/mol. The molecule has 1 aromatic heterocycles.